The summed E-state index contributed by atoms with van der Waals surface area (Å²) < 4.78 is 203. The number of amides is 9. The second-order valence-electron chi connectivity index (χ2n) is 28.5. The van der Waals surface area contributed by atoms with Gasteiger partial charge in [0.1, 0.15) is 31.0 Å². The molecule has 1 unspecified atom stereocenters. The highest BCUT2D eigenvalue weighted by Gasteiger charge is 2.59. The zero-order chi connectivity index (χ0) is 103. The zero-order valence-electron chi connectivity index (χ0n) is 71.7. The average Bonchev–Trinajstić information content (AvgIpc) is 0.756. The SMILES string of the molecule is NCCC(OC(=O)Nc1ccccc1)C(=O)N[C@@H]1C[C@H](N)[C@H](O[C@H]2O[C@H](CN)[C@@H](OC(=O)Nc3ccccc3)[C@H](OC(=O)Nc3ccccc3)[C@H]2OC(=O)Nc2ccccc2)[C@H](OC(=O)Nc2ccccc2)[C@H]1O[C@H]1O[C@H](COC(=O)Nc2ccccc2)[C@H](OC(=O)Nc2ccccc2)[C@H](N)[C@H]1OC(=O)Nc1ccccc1.O=C(O)C(F)(F)F.O=C(O)C(F)(F)F.O=C(O)C(F)(F)F.O=C(O)C(F)(F)F. The van der Waals surface area contributed by atoms with Gasteiger partial charge < -0.3 is 106 Å². The van der Waals surface area contributed by atoms with E-state index in [2.05, 4.69) is 47.9 Å². The number of rotatable bonds is 26. The van der Waals surface area contributed by atoms with Gasteiger partial charge in [-0.2, -0.15) is 52.7 Å². The Labute approximate surface area is 782 Å². The van der Waals surface area contributed by atoms with Gasteiger partial charge >= 0.3 is 97.3 Å². The van der Waals surface area contributed by atoms with Crippen LogP contribution in [-0.2, 0) is 80.8 Å². The third-order valence-electron chi connectivity index (χ3n) is 18.4. The Morgan fingerprint density at radius 2 is 0.579 bits per heavy atom. The van der Waals surface area contributed by atoms with Crippen molar-refractivity contribution in [1.29, 1.82) is 0 Å². The van der Waals surface area contributed by atoms with Crippen molar-refractivity contribution in [2.24, 2.45) is 22.9 Å². The van der Waals surface area contributed by atoms with Gasteiger partial charge in [-0.05, 0) is 110 Å². The number of hydrogen-bond acceptors (Lipinski definition) is 29. The molecule has 3 aliphatic rings. The summed E-state index contributed by atoms with van der Waals surface area (Å²) in [6, 6.07) is 59.5. The third kappa shape index (κ3) is 37.6. The van der Waals surface area contributed by atoms with Crippen LogP contribution in [0.5, 0.6) is 0 Å². The lowest BCUT2D eigenvalue weighted by molar-refractivity contribution is -0.329. The van der Waals surface area contributed by atoms with Crippen LogP contribution in [0, 0.1) is 0 Å². The molecule has 54 heteroatoms. The van der Waals surface area contributed by atoms with Crippen LogP contribution in [0.25, 0.3) is 0 Å². The van der Waals surface area contributed by atoms with Crippen molar-refractivity contribution >= 4 is 124 Å². The van der Waals surface area contributed by atoms with Gasteiger partial charge in [-0.3, -0.25) is 47.3 Å². The maximum atomic E-state index is 15.2. The summed E-state index contributed by atoms with van der Waals surface area (Å²) in [4.78, 5) is 165. The standard InChI is InChI=1S/C78H83N13O21.4C2HF3O2/c79-42-41-56(104-72(94)84-47-27-11-2-12-28-47)68(92)91-55-43-54(81)60(105-70-67(112-78(100)90-53-39-23-8-24-40-53)66(111-77(99)89-52-37-21-7-22-38-52)63(57(44-80)102-70)108-74(96)86-49-31-15-4-16-32-49)65(110-76(98)88-51-35-19-6-20-36-51)61(55)106-69-64(109-75(97)87-50-33-17-5-18-34-50)59(82)62(107-73(95)85-48-29-13-3-14-30-48)58(103-69)45-101-71(93)83-46-25-9-1-10-26-46;4*3-2(4,5)1(6)7/h1-40,54-67,69-70H,41-45,79-82H2,(H,83,93)(H,84,94)(H,85,95)(H,86,96)(H,87,97)(H,88,98)(H,89,99)(H,90,100)(H,91,92);4*(H,6,7)/t54-,55+,56?,57+,58+,59-,60-,61-,62-,63+,64+,65-,66-,67+,69+,70+;;;;/m0..../s1. The molecule has 11 rings (SSSR count). The number of nitrogens with two attached hydrogens (primary N) is 4. The number of hydrogen-bond donors (Lipinski definition) is 17. The first-order valence-corrected chi connectivity index (χ1v) is 40.4. The van der Waals surface area contributed by atoms with Gasteiger partial charge in [0, 0.05) is 64.5 Å². The highest BCUT2D eigenvalue weighted by Crippen LogP contribution is 2.39. The largest absolute Gasteiger partial charge is 0.490 e. The third-order valence-corrected chi connectivity index (χ3v) is 18.4. The number of halogens is 12. The molecule has 0 aromatic heterocycles. The van der Waals surface area contributed by atoms with Gasteiger partial charge in [-0.25, -0.2) is 57.5 Å². The van der Waals surface area contributed by atoms with Crippen molar-refractivity contribution < 1.29 is 192 Å². The molecular weight excluding hydrogens is 1910 g/mol. The molecule has 1 saturated carbocycles. The molecule has 0 radical (unpaired) electrons. The number of alkyl halides is 12. The molecule has 754 valence electrons. The average molecular weight is 1990 g/mol. The molecule has 1 aliphatic carbocycles. The van der Waals surface area contributed by atoms with Crippen LogP contribution >= 0.6 is 0 Å². The van der Waals surface area contributed by atoms with E-state index in [0.717, 1.165) is 0 Å². The molecule has 9 amide bonds. The number of benzene rings is 8. The Kier molecular flexibility index (Phi) is 42.5. The second-order valence-corrected chi connectivity index (χ2v) is 28.5. The summed E-state index contributed by atoms with van der Waals surface area (Å²) in [6.45, 7) is -1.61. The van der Waals surface area contributed by atoms with Crippen molar-refractivity contribution in [3.8, 4) is 0 Å². The Morgan fingerprint density at radius 1 is 0.329 bits per heavy atom. The van der Waals surface area contributed by atoms with E-state index in [0.29, 0.717) is 11.4 Å². The number of aliphatic carboxylic acids is 4. The molecule has 16 atom stereocenters. The number of para-hydroxylation sites is 8. The summed E-state index contributed by atoms with van der Waals surface area (Å²) in [5.74, 6) is -12.1. The Hall–Kier alpha value is -15.9. The smallest absolute Gasteiger partial charge is 0.475 e. The van der Waals surface area contributed by atoms with Gasteiger partial charge in [-0.1, -0.05) is 146 Å². The Morgan fingerprint density at radius 3 is 0.879 bits per heavy atom. The molecule has 8 aromatic carbocycles. The van der Waals surface area contributed by atoms with E-state index in [-0.39, 0.29) is 47.1 Å². The Balaban J connectivity index is 0.000000828. The molecule has 3 fully saturated rings. The maximum Gasteiger partial charge on any atom is 0.490 e. The molecule has 21 N–H and O–H groups in total. The minimum Gasteiger partial charge on any atom is -0.475 e. The summed E-state index contributed by atoms with van der Waals surface area (Å²) in [5, 5.41) is 52.2. The van der Waals surface area contributed by atoms with E-state index in [4.69, 9.17) is 119 Å². The summed E-state index contributed by atoms with van der Waals surface area (Å²) in [6.07, 6.45) is -55.2. The van der Waals surface area contributed by atoms with Crippen molar-refractivity contribution in [3.05, 3.63) is 243 Å². The van der Waals surface area contributed by atoms with Gasteiger partial charge in [0.05, 0.1) is 12.1 Å². The molecule has 140 heavy (non-hydrogen) atoms. The first-order valence-electron chi connectivity index (χ1n) is 40.4. The monoisotopic (exact) mass is 1990 g/mol. The number of carbonyl (C=O) groups excluding carboxylic acids is 9. The van der Waals surface area contributed by atoms with Crippen LogP contribution in [0.3, 0.4) is 0 Å². The number of ether oxygens (including phenoxy) is 12. The van der Waals surface area contributed by atoms with E-state index in [1.807, 2.05) is 0 Å². The van der Waals surface area contributed by atoms with Crippen LogP contribution in [0.4, 0.5) is 137 Å². The van der Waals surface area contributed by atoms with Crippen LogP contribution in [0.15, 0.2) is 243 Å². The lowest BCUT2D eigenvalue weighted by atomic mass is 9.83. The lowest BCUT2D eigenvalue weighted by Gasteiger charge is -2.50. The Bertz CT molecular complexity index is 5240. The lowest BCUT2D eigenvalue weighted by Crippen LogP contribution is -2.71. The van der Waals surface area contributed by atoms with Crippen LogP contribution in [0.2, 0.25) is 0 Å². The number of carbonyl (C=O) groups is 13. The first-order chi connectivity index (χ1) is 66.2. The number of carboxylic acids is 4. The van der Waals surface area contributed by atoms with Crippen LogP contribution < -0.4 is 70.8 Å². The normalized spacial score (nSPS) is 20.9. The maximum absolute atomic E-state index is 15.2. The summed E-state index contributed by atoms with van der Waals surface area (Å²) >= 11 is 0. The van der Waals surface area contributed by atoms with Crippen molar-refractivity contribution in [1.82, 2.24) is 5.32 Å². The van der Waals surface area contributed by atoms with Crippen molar-refractivity contribution in [3.63, 3.8) is 0 Å². The van der Waals surface area contributed by atoms with E-state index in [1.54, 1.807) is 206 Å². The van der Waals surface area contributed by atoms with Gasteiger partial charge in [-0.15, -0.1) is 0 Å². The highest BCUT2D eigenvalue weighted by atomic mass is 19.4. The van der Waals surface area contributed by atoms with Gasteiger partial charge in [0.2, 0.25) is 0 Å². The van der Waals surface area contributed by atoms with Crippen LogP contribution in [-0.4, -0.2) is 241 Å². The molecule has 42 nitrogen and oxygen atoms in total. The first kappa shape index (κ1) is 111. The molecule has 2 heterocycles. The molecule has 8 aromatic rings. The fourth-order valence-electron chi connectivity index (χ4n) is 12.3. The van der Waals surface area contributed by atoms with E-state index in [1.165, 1.54) is 36.4 Å². The molecule has 2 aliphatic heterocycles. The number of anilines is 8. The highest BCUT2D eigenvalue weighted by molar-refractivity contribution is 5.91. The van der Waals surface area contributed by atoms with E-state index >= 15 is 9.59 Å². The van der Waals surface area contributed by atoms with Crippen molar-refractivity contribution in [2.75, 3.05) is 62.2 Å². The zero-order valence-corrected chi connectivity index (χ0v) is 71.7. The fourth-order valence-corrected chi connectivity index (χ4v) is 12.3. The van der Waals surface area contributed by atoms with Crippen LogP contribution in [0.1, 0.15) is 12.8 Å². The molecule has 0 spiro atoms. The topological polar surface area (TPSA) is 626 Å². The summed E-state index contributed by atoms with van der Waals surface area (Å²) in [7, 11) is 0. The number of nitrogens with one attached hydrogen (secondary N) is 9. The summed E-state index contributed by atoms with van der Waals surface area (Å²) in [5.41, 5.74) is 29.2. The predicted octanol–water partition coefficient (Wildman–Crippen LogP) is 12.2. The van der Waals surface area contributed by atoms with Gasteiger partial charge in [0.15, 0.2) is 55.3 Å². The van der Waals surface area contributed by atoms with E-state index < -0.39 is 221 Å². The molecule has 2 saturated heterocycles. The minimum absolute atomic E-state index is 0.166. The number of carboxylic acid groups (broad SMARTS) is 4. The quantitative estimate of drug-likeness (QED) is 0.0177. The van der Waals surface area contributed by atoms with Crippen molar-refractivity contribution in [2.45, 2.75) is 135 Å². The fraction of sp³-hybridized carbons (Fsp3) is 0.291. The van der Waals surface area contributed by atoms with Gasteiger partial charge in [0.25, 0.3) is 5.91 Å². The predicted molar refractivity (Wildman–Crippen MR) is 461 cm³/mol. The molecular formula is C86H87F12N13O29. The second kappa shape index (κ2) is 53.6. The van der Waals surface area contributed by atoms with E-state index in [9.17, 15) is 86.2 Å². The molecule has 0 bridgehead atoms. The minimum atomic E-state index is -5.08.